The maximum Gasteiger partial charge on any atom is 0.0222 e. The number of hydrogen-bond acceptors (Lipinski definition) is 2. The molecular weight excluding hydrogens is 392 g/mol. The predicted molar refractivity (Wildman–Crippen MR) is 137 cm³/mol. The highest BCUT2D eigenvalue weighted by molar-refractivity contribution is 5.09. The highest BCUT2D eigenvalue weighted by atomic mass is 16.0. The first kappa shape index (κ1) is 25.0. The predicted octanol–water partition coefficient (Wildman–Crippen LogP) is 6.11. The van der Waals surface area contributed by atoms with Crippen LogP contribution in [0.15, 0.2) is 0 Å². The number of nitrogens with one attached hydrogen (secondary N) is 1. The van der Waals surface area contributed by atoms with Gasteiger partial charge in [-0.2, -0.15) is 0 Å². The van der Waals surface area contributed by atoms with Crippen molar-refractivity contribution < 1.29 is 5.48 Å². The molecule has 0 aromatic carbocycles. The van der Waals surface area contributed by atoms with Crippen LogP contribution in [0.1, 0.15) is 119 Å². The summed E-state index contributed by atoms with van der Waals surface area (Å²) in [5.74, 6) is 6.44. The van der Waals surface area contributed by atoms with Gasteiger partial charge in [-0.1, -0.05) is 13.8 Å². The molecule has 186 valence electrons. The van der Waals surface area contributed by atoms with Crippen molar-refractivity contribution in [3.05, 3.63) is 0 Å². The van der Waals surface area contributed by atoms with Crippen molar-refractivity contribution in [3.8, 4) is 0 Å². The normalized spacial score (nSPS) is 45.6. The van der Waals surface area contributed by atoms with E-state index in [0.29, 0.717) is 29.2 Å². The Morgan fingerprint density at radius 2 is 0.875 bits per heavy atom. The molecule has 32 heavy (non-hydrogen) atoms. The molecule has 0 saturated heterocycles. The quantitative estimate of drug-likeness (QED) is 0.517. The zero-order valence-electron chi connectivity index (χ0n) is 22.2. The molecule has 0 heterocycles. The van der Waals surface area contributed by atoms with Crippen LogP contribution in [-0.4, -0.2) is 34.1 Å². The number of nitrogens with zero attached hydrogens (tertiary/aromatic N) is 1. The fourth-order valence-electron chi connectivity index (χ4n) is 11.0. The second-order valence-corrected chi connectivity index (χ2v) is 14.2. The second-order valence-electron chi connectivity index (χ2n) is 14.2. The molecule has 0 amide bonds. The Kier molecular flexibility index (Phi) is 7.15. The summed E-state index contributed by atoms with van der Waals surface area (Å²) in [6.45, 7) is 14.2. The molecule has 0 radical (unpaired) electrons. The van der Waals surface area contributed by atoms with Crippen molar-refractivity contribution in [1.29, 1.82) is 0 Å². The summed E-state index contributed by atoms with van der Waals surface area (Å²) in [5, 5.41) is 3.89. The lowest BCUT2D eigenvalue weighted by Gasteiger charge is -2.62. The van der Waals surface area contributed by atoms with E-state index in [2.05, 4.69) is 51.8 Å². The summed E-state index contributed by atoms with van der Waals surface area (Å²) in [4.78, 5) is 2.87. The van der Waals surface area contributed by atoms with Crippen molar-refractivity contribution in [2.45, 2.75) is 148 Å². The molecule has 3 heteroatoms. The lowest BCUT2D eigenvalue weighted by Crippen LogP contribution is -2.63. The fraction of sp³-hybridized carbons (Fsp3) is 1.00. The minimum absolute atomic E-state index is 0. The molecule has 8 rings (SSSR count). The standard InChI is InChI=1S/C16H29N.C13H23N.H2O/c1-11(2)17(12(3)4)16-8-13-5-14(9-16)7-15(6-13)10-16;1-9(2)14-13-6-10-3-11(7-13)5-12(4-10)8-13;/h11-15H,5-10H2,1-4H3;9-12,14H,3-8H2,1-2H3;1H2/p+1. The second kappa shape index (κ2) is 9.15. The smallest absolute Gasteiger partial charge is 0.0222 e. The highest BCUT2D eigenvalue weighted by Gasteiger charge is 2.54. The van der Waals surface area contributed by atoms with Gasteiger partial charge in [-0.05, 0) is 140 Å². The Balaban J connectivity index is 0.000000151. The van der Waals surface area contributed by atoms with E-state index < -0.39 is 0 Å². The Bertz CT molecular complexity index is 554. The first-order valence-electron chi connectivity index (χ1n) is 14.2. The van der Waals surface area contributed by atoms with Crippen molar-refractivity contribution in [2.75, 3.05) is 0 Å². The van der Waals surface area contributed by atoms with E-state index in [1.165, 1.54) is 38.5 Å². The monoisotopic (exact) mass is 447 g/mol. The van der Waals surface area contributed by atoms with Crippen LogP contribution in [0.4, 0.5) is 0 Å². The van der Waals surface area contributed by atoms with Gasteiger partial charge in [0.1, 0.15) is 0 Å². The van der Waals surface area contributed by atoms with Gasteiger partial charge in [0.2, 0.25) is 0 Å². The Morgan fingerprint density at radius 1 is 0.562 bits per heavy atom. The zero-order chi connectivity index (χ0) is 22.0. The van der Waals surface area contributed by atoms with Crippen LogP contribution in [-0.2, 0) is 5.48 Å². The summed E-state index contributed by atoms with van der Waals surface area (Å²) in [7, 11) is 0. The van der Waals surface area contributed by atoms with Crippen LogP contribution in [0.2, 0.25) is 0 Å². The van der Waals surface area contributed by atoms with Crippen LogP contribution < -0.4 is 5.32 Å². The molecule has 8 aliphatic carbocycles. The van der Waals surface area contributed by atoms with E-state index in [4.69, 9.17) is 0 Å². The Labute approximate surface area is 199 Å². The lowest BCUT2D eigenvalue weighted by atomic mass is 9.52. The van der Waals surface area contributed by atoms with Gasteiger partial charge >= 0.3 is 0 Å². The highest BCUT2D eigenvalue weighted by Crippen LogP contribution is 2.58. The third-order valence-electron chi connectivity index (χ3n) is 10.3. The summed E-state index contributed by atoms with van der Waals surface area (Å²) >= 11 is 0. The van der Waals surface area contributed by atoms with Gasteiger partial charge in [-0.3, -0.25) is 4.90 Å². The summed E-state index contributed by atoms with van der Waals surface area (Å²) in [6, 6.07) is 2.10. The molecule has 8 aliphatic rings. The van der Waals surface area contributed by atoms with Crippen LogP contribution in [0.3, 0.4) is 0 Å². The third-order valence-corrected chi connectivity index (χ3v) is 10.3. The van der Waals surface area contributed by atoms with Crippen LogP contribution >= 0.6 is 0 Å². The maximum absolute atomic E-state index is 3.89. The van der Waals surface area contributed by atoms with Crippen molar-refractivity contribution >= 4 is 0 Å². The zero-order valence-corrected chi connectivity index (χ0v) is 22.2. The first-order chi connectivity index (χ1) is 14.7. The average Bonchev–Trinajstić information content (AvgIpc) is 2.57. The molecule has 0 aromatic heterocycles. The van der Waals surface area contributed by atoms with E-state index in [1.807, 2.05) is 0 Å². The largest absolute Gasteiger partial charge is 0.457 e. The van der Waals surface area contributed by atoms with Crippen LogP contribution in [0.5, 0.6) is 0 Å². The topological polar surface area (TPSA) is 48.3 Å². The Hall–Kier alpha value is -0.120. The number of rotatable bonds is 5. The van der Waals surface area contributed by atoms with Gasteiger partial charge in [-0.25, -0.2) is 0 Å². The summed E-state index contributed by atoms with van der Waals surface area (Å²) in [6.07, 6.45) is 18.3. The summed E-state index contributed by atoms with van der Waals surface area (Å²) < 4.78 is 0. The molecule has 0 atom stereocenters. The summed E-state index contributed by atoms with van der Waals surface area (Å²) in [5.41, 5.74) is 1.17. The lowest BCUT2D eigenvalue weighted by molar-refractivity contribution is -0.112. The minimum atomic E-state index is 0. The molecule has 0 unspecified atom stereocenters. The molecular formula is C29H55N2O+. The maximum atomic E-state index is 3.89. The SMILES string of the molecule is CC(C)N(C(C)C)C12CC3CC(CC(C3)C1)C2.CC(C)NC12CC3CC(CC(C3)C1)C2.[OH3+]. The van der Waals surface area contributed by atoms with E-state index in [-0.39, 0.29) is 5.48 Å². The van der Waals surface area contributed by atoms with Crippen LogP contribution in [0, 0.1) is 35.5 Å². The third kappa shape index (κ3) is 4.69. The average molecular weight is 448 g/mol. The Morgan fingerprint density at radius 3 is 1.16 bits per heavy atom. The molecule has 3 nitrogen and oxygen atoms in total. The number of hydrogen-bond donors (Lipinski definition) is 1. The van der Waals surface area contributed by atoms with Gasteiger partial charge in [0.15, 0.2) is 0 Å². The molecule has 0 spiro atoms. The van der Waals surface area contributed by atoms with Crippen LogP contribution in [0.25, 0.3) is 0 Å². The first-order valence-corrected chi connectivity index (χ1v) is 14.2. The molecule has 8 saturated carbocycles. The van der Waals surface area contributed by atoms with E-state index in [9.17, 15) is 0 Å². The molecule has 4 N–H and O–H groups in total. The van der Waals surface area contributed by atoms with Crippen molar-refractivity contribution in [2.24, 2.45) is 35.5 Å². The van der Waals surface area contributed by atoms with Gasteiger partial charge in [0.25, 0.3) is 0 Å². The molecule has 8 fully saturated rings. The van der Waals surface area contributed by atoms with E-state index >= 15 is 0 Å². The fourth-order valence-corrected chi connectivity index (χ4v) is 11.0. The van der Waals surface area contributed by atoms with Gasteiger partial charge in [0.05, 0.1) is 0 Å². The molecule has 0 aliphatic heterocycles. The van der Waals surface area contributed by atoms with Gasteiger partial charge < -0.3 is 10.8 Å². The minimum Gasteiger partial charge on any atom is -0.457 e. The van der Waals surface area contributed by atoms with Gasteiger partial charge in [-0.15, -0.1) is 0 Å². The van der Waals surface area contributed by atoms with Crippen molar-refractivity contribution in [1.82, 2.24) is 10.2 Å². The van der Waals surface area contributed by atoms with Crippen molar-refractivity contribution in [3.63, 3.8) is 0 Å². The van der Waals surface area contributed by atoms with E-state index in [0.717, 1.165) is 35.5 Å². The van der Waals surface area contributed by atoms with Gasteiger partial charge in [0, 0.05) is 29.2 Å². The van der Waals surface area contributed by atoms with E-state index in [1.54, 1.807) is 38.5 Å². The molecule has 0 aromatic rings. The molecule has 8 bridgehead atoms.